The van der Waals surface area contributed by atoms with Crippen molar-refractivity contribution in [3.05, 3.63) is 66.5 Å². The van der Waals surface area contributed by atoms with E-state index in [4.69, 9.17) is 0 Å². The van der Waals surface area contributed by atoms with Crippen molar-refractivity contribution in [2.24, 2.45) is 0 Å². The van der Waals surface area contributed by atoms with Crippen LogP contribution in [0.5, 0.6) is 0 Å². The summed E-state index contributed by atoms with van der Waals surface area (Å²) in [6, 6.07) is 4.01. The minimum Gasteiger partial charge on any atom is -0.390 e. The third-order valence-electron chi connectivity index (χ3n) is 3.55. The highest BCUT2D eigenvalue weighted by Gasteiger charge is 2.16. The Bertz CT molecular complexity index is 532. The molecular formula is C20H29NO2S2. The average Bonchev–Trinajstić information content (AvgIpc) is 2.63. The summed E-state index contributed by atoms with van der Waals surface area (Å²) >= 11 is 3.34. The molecule has 1 aromatic heterocycles. The summed E-state index contributed by atoms with van der Waals surface area (Å²) in [5.74, 6) is 2.97. The Kier molecular flexibility index (Phi) is 12.5. The molecule has 0 radical (unpaired) electrons. The van der Waals surface area contributed by atoms with Crippen molar-refractivity contribution in [1.29, 1.82) is 0 Å². The fraction of sp³-hybridized carbons (Fsp3) is 0.450. The molecule has 2 atom stereocenters. The molecule has 0 aliphatic carbocycles. The van der Waals surface area contributed by atoms with Crippen molar-refractivity contribution in [3.63, 3.8) is 0 Å². The number of rotatable bonds is 13. The molecule has 0 spiro atoms. The lowest BCUT2D eigenvalue weighted by atomic mass is 10.2. The number of aryl methyl sites for hydroxylation is 1. The number of aliphatic hydroxyl groups excluding tert-OH is 2. The van der Waals surface area contributed by atoms with Gasteiger partial charge < -0.3 is 10.2 Å². The minimum absolute atomic E-state index is 0.559. The molecule has 1 heterocycles. The third kappa shape index (κ3) is 10.5. The predicted octanol–water partition coefficient (Wildman–Crippen LogP) is 3.89. The maximum Gasteiger partial charge on any atom is 0.0897 e. The van der Waals surface area contributed by atoms with Gasteiger partial charge in [0.2, 0.25) is 0 Å². The first-order chi connectivity index (χ1) is 12.2. The van der Waals surface area contributed by atoms with Crippen LogP contribution < -0.4 is 0 Å². The van der Waals surface area contributed by atoms with Crippen LogP contribution in [0.15, 0.2) is 61.0 Å². The number of aromatic nitrogens is 1. The normalized spacial score (nSPS) is 14.6. The molecule has 0 amide bonds. The lowest BCUT2D eigenvalue weighted by Crippen LogP contribution is -2.30. The van der Waals surface area contributed by atoms with Crippen molar-refractivity contribution in [2.75, 3.05) is 23.0 Å². The molecule has 0 aromatic carbocycles. The van der Waals surface area contributed by atoms with E-state index in [2.05, 4.69) is 17.6 Å². The Morgan fingerprint density at radius 3 is 2.40 bits per heavy atom. The molecule has 1 unspecified atom stereocenters. The van der Waals surface area contributed by atoms with E-state index in [1.54, 1.807) is 42.0 Å². The number of hydrogen-bond acceptors (Lipinski definition) is 5. The Hall–Kier alpha value is -1.01. The van der Waals surface area contributed by atoms with E-state index >= 15 is 0 Å². The number of nitrogens with zero attached hydrogens (tertiary/aromatic N) is 1. The van der Waals surface area contributed by atoms with Crippen LogP contribution in [0.2, 0.25) is 0 Å². The number of allylic oxidation sites excluding steroid dienone is 5. The second-order valence-corrected chi connectivity index (χ2v) is 7.92. The van der Waals surface area contributed by atoms with Crippen molar-refractivity contribution >= 4 is 23.5 Å². The molecule has 2 N–H and O–H groups in total. The van der Waals surface area contributed by atoms with Gasteiger partial charge in [0.1, 0.15) is 0 Å². The molecule has 0 saturated heterocycles. The summed E-state index contributed by atoms with van der Waals surface area (Å²) in [6.07, 6.45) is 12.0. The Morgan fingerprint density at radius 1 is 1.16 bits per heavy atom. The Balaban J connectivity index is 2.14. The highest BCUT2D eigenvalue weighted by atomic mass is 32.2. The van der Waals surface area contributed by atoms with E-state index in [1.807, 2.05) is 31.2 Å². The number of pyridine rings is 1. The van der Waals surface area contributed by atoms with Gasteiger partial charge in [-0.05, 0) is 54.5 Å². The van der Waals surface area contributed by atoms with E-state index in [1.165, 1.54) is 11.1 Å². The smallest absolute Gasteiger partial charge is 0.0897 e. The van der Waals surface area contributed by atoms with Gasteiger partial charge in [-0.25, -0.2) is 0 Å². The van der Waals surface area contributed by atoms with Crippen LogP contribution in [-0.2, 0) is 6.42 Å². The average molecular weight is 380 g/mol. The van der Waals surface area contributed by atoms with Gasteiger partial charge in [-0.2, -0.15) is 23.5 Å². The summed E-state index contributed by atoms with van der Waals surface area (Å²) in [5.41, 5.74) is 2.48. The van der Waals surface area contributed by atoms with Crippen molar-refractivity contribution in [3.8, 4) is 0 Å². The van der Waals surface area contributed by atoms with Gasteiger partial charge in [0.05, 0.1) is 12.2 Å². The molecule has 25 heavy (non-hydrogen) atoms. The summed E-state index contributed by atoms with van der Waals surface area (Å²) in [5, 5.41) is 20.1. The number of aliphatic hydroxyl groups is 2. The lowest BCUT2D eigenvalue weighted by molar-refractivity contribution is 0.0500. The second kappa shape index (κ2) is 14.2. The monoisotopic (exact) mass is 379 g/mol. The topological polar surface area (TPSA) is 53.4 Å². The van der Waals surface area contributed by atoms with Gasteiger partial charge in [-0.3, -0.25) is 4.98 Å². The first-order valence-electron chi connectivity index (χ1n) is 8.52. The van der Waals surface area contributed by atoms with Gasteiger partial charge in [-0.15, -0.1) is 0 Å². The second-order valence-electron chi connectivity index (χ2n) is 5.62. The molecule has 138 valence electrons. The minimum atomic E-state index is -0.674. The zero-order valence-corrected chi connectivity index (χ0v) is 16.5. The SMILES string of the molecule is C=C/C=C(\C=C/C)CCSC[C@H](O)C(O)CSCCc1ccncc1. The molecule has 5 heteroatoms. The zero-order chi connectivity index (χ0) is 18.3. The summed E-state index contributed by atoms with van der Waals surface area (Å²) < 4.78 is 0. The third-order valence-corrected chi connectivity index (χ3v) is 5.69. The van der Waals surface area contributed by atoms with E-state index in [9.17, 15) is 10.2 Å². The van der Waals surface area contributed by atoms with Gasteiger partial charge in [0, 0.05) is 23.9 Å². The summed E-state index contributed by atoms with van der Waals surface area (Å²) in [4.78, 5) is 4.00. The standard InChI is InChI=1S/C20H29NO2S2/c1-3-5-17(6-4-2)9-13-24-15-19(22)20(23)16-25-14-10-18-7-11-21-12-8-18/h3-8,11-12,19-20,22-23H,1,9-10,13-16H2,2H3/b6-4-,17-5+/t19-,20?/m0/s1. The Labute approximate surface area is 160 Å². The highest BCUT2D eigenvalue weighted by Crippen LogP contribution is 2.15. The summed E-state index contributed by atoms with van der Waals surface area (Å²) in [6.45, 7) is 5.72. The van der Waals surface area contributed by atoms with Gasteiger partial charge in [-0.1, -0.05) is 30.9 Å². The summed E-state index contributed by atoms with van der Waals surface area (Å²) in [7, 11) is 0. The molecule has 0 bridgehead atoms. The van der Waals surface area contributed by atoms with Gasteiger partial charge >= 0.3 is 0 Å². The van der Waals surface area contributed by atoms with E-state index in [-0.39, 0.29) is 0 Å². The van der Waals surface area contributed by atoms with Crippen LogP contribution in [0.4, 0.5) is 0 Å². The maximum atomic E-state index is 10.1. The van der Waals surface area contributed by atoms with Crippen LogP contribution in [0, 0.1) is 0 Å². The van der Waals surface area contributed by atoms with Gasteiger partial charge in [0.25, 0.3) is 0 Å². The Morgan fingerprint density at radius 2 is 1.80 bits per heavy atom. The van der Waals surface area contributed by atoms with Gasteiger partial charge in [0.15, 0.2) is 0 Å². The van der Waals surface area contributed by atoms with E-state index in [0.29, 0.717) is 11.5 Å². The lowest BCUT2D eigenvalue weighted by Gasteiger charge is -2.17. The van der Waals surface area contributed by atoms with Crippen molar-refractivity contribution < 1.29 is 10.2 Å². The first kappa shape index (κ1) is 22.0. The molecule has 0 aliphatic heterocycles. The van der Waals surface area contributed by atoms with Crippen LogP contribution in [0.1, 0.15) is 18.9 Å². The molecule has 0 fully saturated rings. The highest BCUT2D eigenvalue weighted by molar-refractivity contribution is 7.99. The fourth-order valence-corrected chi connectivity index (χ4v) is 4.17. The van der Waals surface area contributed by atoms with Crippen molar-refractivity contribution in [2.45, 2.75) is 32.0 Å². The zero-order valence-electron chi connectivity index (χ0n) is 14.9. The first-order valence-corrected chi connectivity index (χ1v) is 10.8. The molecule has 0 aliphatic rings. The van der Waals surface area contributed by atoms with Crippen LogP contribution in [-0.4, -0.2) is 50.4 Å². The van der Waals surface area contributed by atoms with Crippen LogP contribution in [0.25, 0.3) is 0 Å². The van der Waals surface area contributed by atoms with Crippen LogP contribution >= 0.6 is 23.5 Å². The number of hydrogen-bond donors (Lipinski definition) is 2. The largest absolute Gasteiger partial charge is 0.390 e. The molecule has 1 aromatic rings. The molecule has 0 saturated carbocycles. The quantitative estimate of drug-likeness (QED) is 0.402. The van der Waals surface area contributed by atoms with Crippen molar-refractivity contribution in [1.82, 2.24) is 4.98 Å². The fourth-order valence-electron chi connectivity index (χ4n) is 2.15. The molecule has 1 rings (SSSR count). The molecule has 3 nitrogen and oxygen atoms in total. The molecular weight excluding hydrogens is 350 g/mol. The van der Waals surface area contributed by atoms with E-state index < -0.39 is 12.2 Å². The number of thioether (sulfide) groups is 2. The maximum absolute atomic E-state index is 10.1. The van der Waals surface area contributed by atoms with Crippen LogP contribution in [0.3, 0.4) is 0 Å². The predicted molar refractivity (Wildman–Crippen MR) is 112 cm³/mol. The van der Waals surface area contributed by atoms with E-state index in [0.717, 1.165) is 24.3 Å².